The van der Waals surface area contributed by atoms with Crippen molar-refractivity contribution < 1.29 is 13.5 Å². The second kappa shape index (κ2) is 3.86. The molecule has 0 aromatic carbocycles. The monoisotopic (exact) mass is 180 g/mol. The van der Waals surface area contributed by atoms with Gasteiger partial charge in [0, 0.05) is 0 Å². The zero-order valence-corrected chi connectivity index (χ0v) is 6.86. The highest BCUT2D eigenvalue weighted by Crippen LogP contribution is 2.23. The maximum absolute atomic E-state index is 11.4. The standard InChI is InChI=1S/C5H6FO2PS/c6-4-8-9(7)5-2-1-3-10-5/h1-3,9H,4H2. The fraction of sp³-hybridized carbons (Fsp3) is 0.200. The van der Waals surface area contributed by atoms with Gasteiger partial charge in [0.1, 0.15) is 0 Å². The number of hydrogen-bond donors (Lipinski definition) is 0. The van der Waals surface area contributed by atoms with Gasteiger partial charge in [-0.3, -0.25) is 9.09 Å². The van der Waals surface area contributed by atoms with E-state index in [-0.39, 0.29) is 0 Å². The topological polar surface area (TPSA) is 26.3 Å². The maximum Gasteiger partial charge on any atom is 0.232 e. The molecule has 1 aromatic rings. The predicted molar refractivity (Wildman–Crippen MR) is 40.0 cm³/mol. The molecule has 1 heterocycles. The molecule has 0 spiro atoms. The van der Waals surface area contributed by atoms with Gasteiger partial charge in [0.15, 0.2) is 6.86 Å². The van der Waals surface area contributed by atoms with E-state index in [1.54, 1.807) is 17.5 Å². The van der Waals surface area contributed by atoms with E-state index in [9.17, 15) is 8.96 Å². The molecule has 56 valence electrons. The first-order valence-electron chi connectivity index (χ1n) is 2.61. The Hall–Kier alpha value is -0.180. The van der Waals surface area contributed by atoms with E-state index in [1.165, 1.54) is 11.3 Å². The van der Waals surface area contributed by atoms with Crippen LogP contribution in [-0.4, -0.2) is 6.86 Å². The summed E-state index contributed by atoms with van der Waals surface area (Å²) < 4.78 is 27.2. The highest BCUT2D eigenvalue weighted by molar-refractivity contribution is 7.57. The molecule has 1 rings (SSSR count). The molecule has 10 heavy (non-hydrogen) atoms. The third kappa shape index (κ3) is 1.90. The Kier molecular flexibility index (Phi) is 3.06. The van der Waals surface area contributed by atoms with Gasteiger partial charge in [0.25, 0.3) is 0 Å². The lowest BCUT2D eigenvalue weighted by Crippen LogP contribution is -1.88. The molecule has 1 aromatic heterocycles. The first-order chi connectivity index (χ1) is 4.84. The van der Waals surface area contributed by atoms with Crippen molar-refractivity contribution in [3.8, 4) is 0 Å². The molecular formula is C5H6FO2PS. The molecule has 0 aliphatic rings. The van der Waals surface area contributed by atoms with Gasteiger partial charge in [-0.05, 0) is 11.4 Å². The normalized spacial score (nSPS) is 13.3. The molecule has 0 aliphatic carbocycles. The van der Waals surface area contributed by atoms with E-state index in [4.69, 9.17) is 0 Å². The maximum atomic E-state index is 11.4. The van der Waals surface area contributed by atoms with Crippen molar-refractivity contribution in [1.82, 2.24) is 0 Å². The van der Waals surface area contributed by atoms with Crippen LogP contribution in [0.3, 0.4) is 0 Å². The molecule has 0 saturated heterocycles. The number of thiophene rings is 1. The minimum absolute atomic E-state index is 0.614. The minimum atomic E-state index is -2.28. The van der Waals surface area contributed by atoms with Crippen molar-refractivity contribution in [2.24, 2.45) is 0 Å². The van der Waals surface area contributed by atoms with Gasteiger partial charge in [-0.2, -0.15) is 0 Å². The Bertz CT molecular complexity index is 211. The lowest BCUT2D eigenvalue weighted by atomic mass is 10.7. The molecule has 0 fully saturated rings. The lowest BCUT2D eigenvalue weighted by Gasteiger charge is -1.93. The fourth-order valence-corrected chi connectivity index (χ4v) is 2.22. The summed E-state index contributed by atoms with van der Waals surface area (Å²) in [7, 11) is -2.28. The molecule has 5 heteroatoms. The summed E-state index contributed by atoms with van der Waals surface area (Å²) in [6, 6.07) is 3.42. The number of alkyl halides is 1. The van der Waals surface area contributed by atoms with Gasteiger partial charge in [0.05, 0.1) is 4.62 Å². The van der Waals surface area contributed by atoms with Gasteiger partial charge in [-0.25, -0.2) is 4.39 Å². The number of hydrogen-bond acceptors (Lipinski definition) is 3. The Morgan fingerprint density at radius 3 is 3.10 bits per heavy atom. The Morgan fingerprint density at radius 2 is 2.60 bits per heavy atom. The van der Waals surface area contributed by atoms with E-state index in [0.29, 0.717) is 4.62 Å². The highest BCUT2D eigenvalue weighted by Gasteiger charge is 2.02. The smallest absolute Gasteiger partial charge is 0.232 e. The second-order valence-electron chi connectivity index (χ2n) is 1.52. The van der Waals surface area contributed by atoms with E-state index in [2.05, 4.69) is 4.52 Å². The summed E-state index contributed by atoms with van der Waals surface area (Å²) in [6.07, 6.45) is 0. The highest BCUT2D eigenvalue weighted by atomic mass is 32.1. The van der Waals surface area contributed by atoms with E-state index < -0.39 is 14.9 Å². The average Bonchev–Trinajstić information content (AvgIpc) is 2.38. The van der Waals surface area contributed by atoms with Gasteiger partial charge in [0.2, 0.25) is 8.03 Å². The molecule has 1 atom stereocenters. The van der Waals surface area contributed by atoms with Gasteiger partial charge in [-0.15, -0.1) is 11.3 Å². The third-order valence-corrected chi connectivity index (χ3v) is 3.39. The summed E-state index contributed by atoms with van der Waals surface area (Å²) in [5, 5.41) is 1.78. The van der Waals surface area contributed by atoms with Crippen molar-refractivity contribution in [3.63, 3.8) is 0 Å². The van der Waals surface area contributed by atoms with Gasteiger partial charge < -0.3 is 0 Å². The van der Waals surface area contributed by atoms with Gasteiger partial charge in [-0.1, -0.05) is 6.07 Å². The van der Waals surface area contributed by atoms with Crippen LogP contribution in [0.5, 0.6) is 0 Å². The quantitative estimate of drug-likeness (QED) is 0.663. The molecule has 0 amide bonds. The predicted octanol–water partition coefficient (Wildman–Crippen LogP) is 1.79. The first kappa shape index (κ1) is 7.92. The zero-order valence-electron chi connectivity index (χ0n) is 5.04. The summed E-state index contributed by atoms with van der Waals surface area (Å²) >= 11 is 1.31. The van der Waals surface area contributed by atoms with Crippen LogP contribution < -0.4 is 4.62 Å². The van der Waals surface area contributed by atoms with Crippen LogP contribution in [0.4, 0.5) is 4.39 Å². The fourth-order valence-electron chi connectivity index (χ4n) is 0.515. The van der Waals surface area contributed by atoms with Crippen LogP contribution in [0, 0.1) is 0 Å². The van der Waals surface area contributed by atoms with Crippen molar-refractivity contribution in [1.29, 1.82) is 0 Å². The first-order valence-corrected chi connectivity index (χ1v) is 4.81. The Balaban J connectivity index is 2.59. The molecule has 0 N–H and O–H groups in total. The largest absolute Gasteiger partial charge is 0.294 e. The van der Waals surface area contributed by atoms with Crippen molar-refractivity contribution in [2.45, 2.75) is 0 Å². The van der Waals surface area contributed by atoms with E-state index in [1.807, 2.05) is 0 Å². The van der Waals surface area contributed by atoms with E-state index >= 15 is 0 Å². The number of halogens is 1. The molecule has 0 aliphatic heterocycles. The van der Waals surface area contributed by atoms with E-state index in [0.717, 1.165) is 0 Å². The Morgan fingerprint density at radius 1 is 1.80 bits per heavy atom. The average molecular weight is 180 g/mol. The molecule has 0 bridgehead atoms. The third-order valence-electron chi connectivity index (χ3n) is 0.908. The lowest BCUT2D eigenvalue weighted by molar-refractivity contribution is 0.206. The van der Waals surface area contributed by atoms with Gasteiger partial charge >= 0.3 is 0 Å². The van der Waals surface area contributed by atoms with Crippen molar-refractivity contribution in [3.05, 3.63) is 17.5 Å². The van der Waals surface area contributed by atoms with Crippen LogP contribution in [0.15, 0.2) is 17.5 Å². The molecule has 1 unspecified atom stereocenters. The zero-order chi connectivity index (χ0) is 7.40. The SMILES string of the molecule is O=[PH](OCF)c1cccs1. The van der Waals surface area contributed by atoms with Crippen LogP contribution in [0.25, 0.3) is 0 Å². The molecular weight excluding hydrogens is 174 g/mol. The van der Waals surface area contributed by atoms with Crippen LogP contribution in [0.2, 0.25) is 0 Å². The van der Waals surface area contributed by atoms with Crippen LogP contribution in [0.1, 0.15) is 0 Å². The molecule has 2 nitrogen and oxygen atoms in total. The summed E-state index contributed by atoms with van der Waals surface area (Å²) in [5.41, 5.74) is 0. The van der Waals surface area contributed by atoms with Crippen LogP contribution in [-0.2, 0) is 9.09 Å². The second-order valence-corrected chi connectivity index (χ2v) is 4.23. The summed E-state index contributed by atoms with van der Waals surface area (Å²) in [5.74, 6) is 0. The van der Waals surface area contributed by atoms with Crippen LogP contribution >= 0.6 is 19.4 Å². The molecule has 0 radical (unpaired) electrons. The summed E-state index contributed by atoms with van der Waals surface area (Å²) in [4.78, 5) is 0. The number of rotatable bonds is 3. The summed E-state index contributed by atoms with van der Waals surface area (Å²) in [6.45, 7) is -0.976. The Labute approximate surface area is 62.5 Å². The minimum Gasteiger partial charge on any atom is -0.294 e. The van der Waals surface area contributed by atoms with Crippen molar-refractivity contribution >= 4 is 24.0 Å². The van der Waals surface area contributed by atoms with Crippen molar-refractivity contribution in [2.75, 3.05) is 6.86 Å². The molecule has 0 saturated carbocycles.